The molecular formula is C21H15Cl2F2N3O4. The minimum Gasteiger partial charge on any atom is -0.496 e. The van der Waals surface area contributed by atoms with Crippen molar-refractivity contribution < 1.29 is 23.0 Å². The zero-order valence-corrected chi connectivity index (χ0v) is 18.2. The standard InChI is InChI=1S/C21H15Cl2F2N3O4/c1-30-15-5-3-12(24)19(25)10(15)9-32-17-8-14(11(22)7-16(17)31-2)28-20-13(26-21(28)29)4-6-18(23)27-20/h3-8H,9H2,1-2H3,(H,26,29). The van der Waals surface area contributed by atoms with E-state index in [4.69, 9.17) is 37.4 Å². The molecule has 0 bridgehead atoms. The molecule has 0 spiro atoms. The molecule has 2 aromatic carbocycles. The SMILES string of the molecule is COc1cc(Cl)c(-n2c(=O)[nH]c3ccc(Cl)nc32)cc1OCc1c(OC)ccc(F)c1F. The van der Waals surface area contributed by atoms with Crippen LogP contribution in [0.15, 0.2) is 41.2 Å². The van der Waals surface area contributed by atoms with Crippen molar-refractivity contribution in [3.63, 3.8) is 0 Å². The third kappa shape index (κ3) is 3.85. The fourth-order valence-corrected chi connectivity index (χ4v) is 3.58. The molecule has 0 amide bonds. The lowest BCUT2D eigenvalue weighted by molar-refractivity contribution is 0.270. The number of halogens is 4. The van der Waals surface area contributed by atoms with Crippen LogP contribution in [0.3, 0.4) is 0 Å². The number of nitrogens with zero attached hydrogens (tertiary/aromatic N) is 2. The molecule has 0 atom stereocenters. The molecule has 2 aromatic heterocycles. The van der Waals surface area contributed by atoms with Gasteiger partial charge in [-0.3, -0.25) is 0 Å². The smallest absolute Gasteiger partial charge is 0.332 e. The first-order chi connectivity index (χ1) is 15.3. The lowest BCUT2D eigenvalue weighted by Crippen LogP contribution is -2.16. The highest BCUT2D eigenvalue weighted by atomic mass is 35.5. The van der Waals surface area contributed by atoms with Crippen molar-refractivity contribution in [1.82, 2.24) is 14.5 Å². The number of hydrogen-bond donors (Lipinski definition) is 1. The van der Waals surface area contributed by atoms with E-state index in [1.807, 2.05) is 0 Å². The summed E-state index contributed by atoms with van der Waals surface area (Å²) in [5, 5.41) is 0.341. The van der Waals surface area contributed by atoms with Gasteiger partial charge in [0.15, 0.2) is 28.8 Å². The lowest BCUT2D eigenvalue weighted by atomic mass is 10.2. The van der Waals surface area contributed by atoms with E-state index in [-0.39, 0.29) is 50.9 Å². The van der Waals surface area contributed by atoms with Crippen molar-refractivity contribution in [2.45, 2.75) is 6.61 Å². The Hall–Kier alpha value is -3.30. The first-order valence-corrected chi connectivity index (χ1v) is 9.88. The average Bonchev–Trinajstić information content (AvgIpc) is 3.09. The molecule has 0 fully saturated rings. The number of benzene rings is 2. The fraction of sp³-hybridized carbons (Fsp3) is 0.143. The molecule has 0 aliphatic heterocycles. The summed E-state index contributed by atoms with van der Waals surface area (Å²) in [6.45, 7) is -0.378. The van der Waals surface area contributed by atoms with Crippen molar-refractivity contribution in [3.8, 4) is 22.9 Å². The van der Waals surface area contributed by atoms with Crippen molar-refractivity contribution in [3.05, 3.63) is 74.3 Å². The van der Waals surface area contributed by atoms with Crippen molar-refractivity contribution in [2.75, 3.05) is 14.2 Å². The average molecular weight is 482 g/mol. The molecule has 1 N–H and O–H groups in total. The number of hydrogen-bond acceptors (Lipinski definition) is 5. The van der Waals surface area contributed by atoms with Crippen LogP contribution in [0.25, 0.3) is 16.9 Å². The van der Waals surface area contributed by atoms with Crippen LogP contribution in [0.1, 0.15) is 5.56 Å². The topological polar surface area (TPSA) is 78.4 Å². The van der Waals surface area contributed by atoms with E-state index in [0.717, 1.165) is 6.07 Å². The van der Waals surface area contributed by atoms with Crippen LogP contribution in [-0.2, 0) is 6.61 Å². The highest BCUT2D eigenvalue weighted by Gasteiger charge is 2.20. The highest BCUT2D eigenvalue weighted by molar-refractivity contribution is 6.32. The van der Waals surface area contributed by atoms with Crippen LogP contribution < -0.4 is 19.9 Å². The van der Waals surface area contributed by atoms with Crippen LogP contribution in [0, 0.1) is 11.6 Å². The van der Waals surface area contributed by atoms with Gasteiger partial charge in [0.25, 0.3) is 0 Å². The summed E-state index contributed by atoms with van der Waals surface area (Å²) in [5.74, 6) is -1.68. The maximum atomic E-state index is 14.3. The summed E-state index contributed by atoms with van der Waals surface area (Å²) in [4.78, 5) is 19.4. The predicted molar refractivity (Wildman–Crippen MR) is 116 cm³/mol. The summed E-state index contributed by atoms with van der Waals surface area (Å²) < 4.78 is 45.3. The van der Waals surface area contributed by atoms with E-state index in [1.54, 1.807) is 6.07 Å². The number of pyridine rings is 1. The summed E-state index contributed by atoms with van der Waals surface area (Å²) in [7, 11) is 2.72. The van der Waals surface area contributed by atoms with Gasteiger partial charge in [-0.2, -0.15) is 0 Å². The summed E-state index contributed by atoms with van der Waals surface area (Å²) in [5.41, 5.74) is 0.285. The molecule has 0 unspecified atom stereocenters. The van der Waals surface area contributed by atoms with Gasteiger partial charge >= 0.3 is 5.69 Å². The normalized spacial score (nSPS) is 11.1. The Morgan fingerprint density at radius 2 is 1.78 bits per heavy atom. The van der Waals surface area contributed by atoms with Crippen LogP contribution >= 0.6 is 23.2 Å². The molecule has 0 saturated carbocycles. The van der Waals surface area contributed by atoms with E-state index in [1.165, 1.54) is 43.1 Å². The fourth-order valence-electron chi connectivity index (χ4n) is 3.20. The minimum atomic E-state index is -1.09. The molecule has 7 nitrogen and oxygen atoms in total. The first kappa shape index (κ1) is 21.9. The summed E-state index contributed by atoms with van der Waals surface area (Å²) in [6, 6.07) is 8.26. The number of aromatic nitrogens is 3. The van der Waals surface area contributed by atoms with Crippen LogP contribution in [0.2, 0.25) is 10.2 Å². The molecular weight excluding hydrogens is 467 g/mol. The largest absolute Gasteiger partial charge is 0.496 e. The summed E-state index contributed by atoms with van der Waals surface area (Å²) in [6.07, 6.45) is 0. The Morgan fingerprint density at radius 1 is 1.03 bits per heavy atom. The number of imidazole rings is 1. The second-order valence-electron chi connectivity index (χ2n) is 6.56. The summed E-state index contributed by atoms with van der Waals surface area (Å²) >= 11 is 12.4. The molecule has 2 heterocycles. The Labute approximate surface area is 190 Å². The van der Waals surface area contributed by atoms with E-state index in [0.29, 0.717) is 5.52 Å². The maximum absolute atomic E-state index is 14.3. The van der Waals surface area contributed by atoms with Gasteiger partial charge in [0, 0.05) is 12.1 Å². The van der Waals surface area contributed by atoms with Crippen molar-refractivity contribution in [2.24, 2.45) is 0 Å². The molecule has 0 saturated heterocycles. The number of fused-ring (bicyclic) bond motifs is 1. The van der Waals surface area contributed by atoms with Crippen LogP contribution in [0.4, 0.5) is 8.78 Å². The Bertz CT molecular complexity index is 1390. The molecule has 0 radical (unpaired) electrons. The van der Waals surface area contributed by atoms with Crippen LogP contribution in [0.5, 0.6) is 17.2 Å². The van der Waals surface area contributed by atoms with Gasteiger partial charge in [-0.25, -0.2) is 23.1 Å². The van der Waals surface area contributed by atoms with Gasteiger partial charge in [0.2, 0.25) is 0 Å². The van der Waals surface area contributed by atoms with Crippen LogP contribution in [-0.4, -0.2) is 28.8 Å². The van der Waals surface area contributed by atoms with Gasteiger partial charge in [0.1, 0.15) is 17.5 Å². The molecule has 32 heavy (non-hydrogen) atoms. The van der Waals surface area contributed by atoms with Crippen molar-refractivity contribution >= 4 is 34.4 Å². The molecule has 0 aliphatic carbocycles. The third-order valence-electron chi connectivity index (χ3n) is 4.72. The van der Waals surface area contributed by atoms with Gasteiger partial charge in [-0.1, -0.05) is 23.2 Å². The number of methoxy groups -OCH3 is 2. The quantitative estimate of drug-likeness (QED) is 0.396. The van der Waals surface area contributed by atoms with Gasteiger partial charge in [-0.15, -0.1) is 0 Å². The van der Waals surface area contributed by atoms with E-state index >= 15 is 0 Å². The number of ether oxygens (including phenoxy) is 3. The van der Waals surface area contributed by atoms with Gasteiger partial charge in [-0.05, 0) is 24.3 Å². The van der Waals surface area contributed by atoms with Crippen molar-refractivity contribution in [1.29, 1.82) is 0 Å². The monoisotopic (exact) mass is 481 g/mol. The zero-order chi connectivity index (χ0) is 23.0. The van der Waals surface area contributed by atoms with E-state index in [9.17, 15) is 13.6 Å². The molecule has 11 heteroatoms. The second kappa shape index (κ2) is 8.68. The Kier molecular flexibility index (Phi) is 5.94. The number of aromatic amines is 1. The molecule has 4 rings (SSSR count). The van der Waals surface area contributed by atoms with Gasteiger partial charge < -0.3 is 19.2 Å². The number of nitrogens with one attached hydrogen (secondary N) is 1. The number of rotatable bonds is 6. The highest BCUT2D eigenvalue weighted by Crippen LogP contribution is 2.37. The third-order valence-corrected chi connectivity index (χ3v) is 5.23. The maximum Gasteiger partial charge on any atom is 0.332 e. The van der Waals surface area contributed by atoms with E-state index < -0.39 is 17.3 Å². The predicted octanol–water partition coefficient (Wildman–Crippen LogP) is 4.90. The number of H-pyrrole nitrogens is 1. The second-order valence-corrected chi connectivity index (χ2v) is 7.35. The molecule has 166 valence electrons. The zero-order valence-electron chi connectivity index (χ0n) is 16.7. The minimum absolute atomic E-state index is 0.115. The first-order valence-electron chi connectivity index (χ1n) is 9.13. The Morgan fingerprint density at radius 3 is 2.50 bits per heavy atom. The van der Waals surface area contributed by atoms with E-state index in [2.05, 4.69) is 9.97 Å². The lowest BCUT2D eigenvalue weighted by Gasteiger charge is -2.16. The molecule has 0 aliphatic rings. The Balaban J connectivity index is 1.80. The molecule has 4 aromatic rings. The van der Waals surface area contributed by atoms with Gasteiger partial charge in [0.05, 0.1) is 36.0 Å².